The fourth-order valence-electron chi connectivity index (χ4n) is 5.21. The van der Waals surface area contributed by atoms with E-state index in [2.05, 4.69) is 59.0 Å². The Morgan fingerprint density at radius 2 is 1.61 bits per heavy atom. The van der Waals surface area contributed by atoms with Gasteiger partial charge < -0.3 is 9.64 Å². The van der Waals surface area contributed by atoms with E-state index in [9.17, 15) is 5.26 Å². The van der Waals surface area contributed by atoms with E-state index in [1.807, 2.05) is 48.7 Å². The minimum Gasteiger partial charge on any atom is -0.492 e. The third-order valence-corrected chi connectivity index (χ3v) is 7.51. The molecule has 188 valence electrons. The predicted molar refractivity (Wildman–Crippen MR) is 146 cm³/mol. The highest BCUT2D eigenvalue weighted by molar-refractivity contribution is 5.69. The smallest absolute Gasteiger partial charge is 0.127 e. The molecule has 5 nitrogen and oxygen atoms in total. The molecule has 1 saturated heterocycles. The number of nitriles is 1. The molecule has 4 rings (SSSR count). The monoisotopic (exact) mass is 482 g/mol. The van der Waals surface area contributed by atoms with Gasteiger partial charge in [0.1, 0.15) is 12.4 Å². The molecule has 3 aromatic rings. The molecule has 2 heterocycles. The van der Waals surface area contributed by atoms with Gasteiger partial charge in [-0.1, -0.05) is 68.4 Å². The van der Waals surface area contributed by atoms with E-state index in [0.29, 0.717) is 6.61 Å². The molecule has 1 atom stereocenters. The maximum absolute atomic E-state index is 10.1. The summed E-state index contributed by atoms with van der Waals surface area (Å²) < 4.78 is 6.19. The first kappa shape index (κ1) is 25.9. The molecule has 5 heteroatoms. The lowest BCUT2D eigenvalue weighted by atomic mass is 9.70. The Hall–Kier alpha value is -3.20. The lowest BCUT2D eigenvalue weighted by molar-refractivity contribution is 0.114. The lowest BCUT2D eigenvalue weighted by Crippen LogP contribution is -2.47. The molecule has 0 N–H and O–H groups in total. The third kappa shape index (κ3) is 6.32. The molecular formula is C31H38N4O. The number of piperazine rings is 1. The van der Waals surface area contributed by atoms with Gasteiger partial charge in [0.2, 0.25) is 0 Å². The van der Waals surface area contributed by atoms with Crippen molar-refractivity contribution in [2.45, 2.75) is 32.1 Å². The molecule has 0 saturated carbocycles. The van der Waals surface area contributed by atoms with Crippen LogP contribution in [0, 0.1) is 17.2 Å². The van der Waals surface area contributed by atoms with Gasteiger partial charge in [0.25, 0.3) is 0 Å². The van der Waals surface area contributed by atoms with Crippen molar-refractivity contribution in [1.29, 1.82) is 5.26 Å². The highest BCUT2D eigenvalue weighted by atomic mass is 16.5. The SMILES string of the molecule is CC(C)C(C#N)(CCCN1CCN(CCOc2ccccc2-c2cccnc2)CC1)c1ccccc1. The zero-order valence-electron chi connectivity index (χ0n) is 21.6. The average molecular weight is 483 g/mol. The van der Waals surface area contributed by atoms with Gasteiger partial charge in [-0.05, 0) is 43.0 Å². The molecule has 0 spiro atoms. The van der Waals surface area contributed by atoms with Crippen molar-refractivity contribution in [3.8, 4) is 22.9 Å². The van der Waals surface area contributed by atoms with Crippen LogP contribution in [0.1, 0.15) is 32.3 Å². The molecule has 1 fully saturated rings. The topological polar surface area (TPSA) is 52.4 Å². The number of aromatic nitrogens is 1. The third-order valence-electron chi connectivity index (χ3n) is 7.51. The van der Waals surface area contributed by atoms with E-state index in [4.69, 9.17) is 4.74 Å². The minimum atomic E-state index is -0.410. The van der Waals surface area contributed by atoms with Crippen LogP contribution in [-0.2, 0) is 5.41 Å². The Bertz CT molecular complexity index is 1100. The second kappa shape index (κ2) is 12.7. The summed E-state index contributed by atoms with van der Waals surface area (Å²) in [7, 11) is 0. The summed E-state index contributed by atoms with van der Waals surface area (Å²) >= 11 is 0. The summed E-state index contributed by atoms with van der Waals surface area (Å²) in [6, 6.07) is 25.2. The Kier molecular flexibility index (Phi) is 9.11. The maximum atomic E-state index is 10.1. The van der Waals surface area contributed by atoms with Gasteiger partial charge in [-0.15, -0.1) is 0 Å². The van der Waals surface area contributed by atoms with Crippen LogP contribution in [0.3, 0.4) is 0 Å². The highest BCUT2D eigenvalue weighted by Crippen LogP contribution is 2.36. The van der Waals surface area contributed by atoms with Gasteiger partial charge >= 0.3 is 0 Å². The van der Waals surface area contributed by atoms with Gasteiger partial charge in [-0.2, -0.15) is 5.26 Å². The molecule has 36 heavy (non-hydrogen) atoms. The van der Waals surface area contributed by atoms with E-state index in [1.54, 1.807) is 6.20 Å². The number of hydrogen-bond donors (Lipinski definition) is 0. The summed E-state index contributed by atoms with van der Waals surface area (Å²) in [5.74, 6) is 1.19. The molecular weight excluding hydrogens is 444 g/mol. The standard InChI is InChI=1S/C31H38N4O/c1-26(2)31(25-32,28-11-4-3-5-12-28)15-9-17-34-18-20-35(21-19-34)22-23-36-30-14-7-6-13-29(30)27-10-8-16-33-24-27/h3-8,10-14,16,24,26H,9,15,17-23H2,1-2H3. The molecule has 0 radical (unpaired) electrons. The molecule has 1 unspecified atom stereocenters. The van der Waals surface area contributed by atoms with E-state index < -0.39 is 5.41 Å². The van der Waals surface area contributed by atoms with Gasteiger partial charge in [-0.3, -0.25) is 9.88 Å². The van der Waals surface area contributed by atoms with Crippen molar-refractivity contribution in [1.82, 2.24) is 14.8 Å². The Morgan fingerprint density at radius 1 is 0.917 bits per heavy atom. The summed E-state index contributed by atoms with van der Waals surface area (Å²) in [4.78, 5) is 9.27. The summed E-state index contributed by atoms with van der Waals surface area (Å²) in [5.41, 5.74) is 2.90. The van der Waals surface area contributed by atoms with E-state index in [1.165, 1.54) is 0 Å². The second-order valence-corrected chi connectivity index (χ2v) is 9.98. The van der Waals surface area contributed by atoms with Crippen LogP contribution >= 0.6 is 0 Å². The minimum absolute atomic E-state index is 0.282. The molecule has 0 aliphatic carbocycles. The maximum Gasteiger partial charge on any atom is 0.127 e. The van der Waals surface area contributed by atoms with Crippen LogP contribution in [0.2, 0.25) is 0 Å². The van der Waals surface area contributed by atoms with Crippen molar-refractivity contribution in [3.05, 3.63) is 84.7 Å². The zero-order chi connectivity index (χ0) is 25.2. The molecule has 1 aliphatic heterocycles. The van der Waals surface area contributed by atoms with E-state index in [0.717, 1.165) is 74.6 Å². The highest BCUT2D eigenvalue weighted by Gasteiger charge is 2.35. The molecule has 0 bridgehead atoms. The summed E-state index contributed by atoms with van der Waals surface area (Å²) in [5, 5.41) is 10.1. The average Bonchev–Trinajstić information content (AvgIpc) is 2.93. The van der Waals surface area contributed by atoms with Crippen LogP contribution in [0.4, 0.5) is 0 Å². The van der Waals surface area contributed by atoms with Crippen LogP contribution in [0.25, 0.3) is 11.1 Å². The van der Waals surface area contributed by atoms with Crippen molar-refractivity contribution < 1.29 is 4.74 Å². The zero-order valence-corrected chi connectivity index (χ0v) is 21.6. The largest absolute Gasteiger partial charge is 0.492 e. The number of ether oxygens (including phenoxy) is 1. The van der Waals surface area contributed by atoms with Gasteiger partial charge in [0.05, 0.1) is 11.5 Å². The first-order valence-corrected chi connectivity index (χ1v) is 13.2. The Balaban J connectivity index is 1.21. The van der Waals surface area contributed by atoms with Crippen molar-refractivity contribution in [3.63, 3.8) is 0 Å². The van der Waals surface area contributed by atoms with Crippen molar-refractivity contribution >= 4 is 0 Å². The number of pyridine rings is 1. The van der Waals surface area contributed by atoms with Crippen LogP contribution in [0.5, 0.6) is 5.75 Å². The fourth-order valence-corrected chi connectivity index (χ4v) is 5.21. The summed E-state index contributed by atoms with van der Waals surface area (Å²) in [6.45, 7) is 11.2. The predicted octanol–water partition coefficient (Wildman–Crippen LogP) is 5.64. The number of benzene rings is 2. The quantitative estimate of drug-likeness (QED) is 0.354. The fraction of sp³-hybridized carbons (Fsp3) is 0.419. The van der Waals surface area contributed by atoms with Crippen LogP contribution < -0.4 is 4.74 Å². The normalized spacial score (nSPS) is 16.4. The lowest BCUT2D eigenvalue weighted by Gasteiger charge is -2.36. The van der Waals surface area contributed by atoms with Crippen molar-refractivity contribution in [2.24, 2.45) is 5.92 Å². The van der Waals surface area contributed by atoms with Crippen LogP contribution in [-0.4, -0.2) is 60.7 Å². The molecule has 1 aliphatic rings. The van der Waals surface area contributed by atoms with Gasteiger partial charge in [-0.25, -0.2) is 0 Å². The van der Waals surface area contributed by atoms with Crippen molar-refractivity contribution in [2.75, 3.05) is 45.9 Å². The summed E-state index contributed by atoms with van der Waals surface area (Å²) in [6.07, 6.45) is 5.60. The number of rotatable bonds is 11. The number of para-hydroxylation sites is 1. The molecule has 2 aromatic carbocycles. The molecule has 0 amide bonds. The van der Waals surface area contributed by atoms with E-state index in [-0.39, 0.29) is 5.92 Å². The van der Waals surface area contributed by atoms with Gasteiger partial charge in [0, 0.05) is 56.2 Å². The first-order chi connectivity index (χ1) is 17.6. The Morgan fingerprint density at radius 3 is 2.28 bits per heavy atom. The second-order valence-electron chi connectivity index (χ2n) is 9.98. The van der Waals surface area contributed by atoms with Gasteiger partial charge in [0.15, 0.2) is 0 Å². The molecule has 1 aromatic heterocycles. The number of nitrogens with zero attached hydrogens (tertiary/aromatic N) is 4. The number of hydrogen-bond acceptors (Lipinski definition) is 5. The first-order valence-electron chi connectivity index (χ1n) is 13.2. The van der Waals surface area contributed by atoms with Crippen LogP contribution in [0.15, 0.2) is 79.1 Å². The Labute approximate surface area is 216 Å². The van der Waals surface area contributed by atoms with E-state index >= 15 is 0 Å².